The summed E-state index contributed by atoms with van der Waals surface area (Å²) in [6, 6.07) is 27.5. The topological polar surface area (TPSA) is 93.2 Å². The summed E-state index contributed by atoms with van der Waals surface area (Å²) in [5.41, 5.74) is 1.93. The van der Waals surface area contributed by atoms with Gasteiger partial charge in [-0.2, -0.15) is 8.42 Å². The zero-order valence-electron chi connectivity index (χ0n) is 21.2. The molecule has 0 N–H and O–H groups in total. The van der Waals surface area contributed by atoms with E-state index in [2.05, 4.69) is 0 Å². The van der Waals surface area contributed by atoms with Crippen molar-refractivity contribution in [2.24, 2.45) is 5.92 Å². The van der Waals surface area contributed by atoms with Gasteiger partial charge in [-0.25, -0.2) is 9.96 Å². The van der Waals surface area contributed by atoms with Crippen molar-refractivity contribution in [3.8, 4) is 5.75 Å². The van der Waals surface area contributed by atoms with Gasteiger partial charge in [0.2, 0.25) is 5.91 Å². The molecule has 0 aliphatic carbocycles. The van der Waals surface area contributed by atoms with Crippen molar-refractivity contribution < 1.29 is 27.0 Å². The molecule has 4 aromatic carbocycles. The summed E-state index contributed by atoms with van der Waals surface area (Å²) in [4.78, 5) is 35.0. The molecule has 0 radical (unpaired) electrons. The van der Waals surface area contributed by atoms with Crippen LogP contribution in [-0.2, 0) is 24.5 Å². The van der Waals surface area contributed by atoms with Crippen molar-refractivity contribution in [1.82, 2.24) is 0 Å². The third kappa shape index (κ3) is 4.32. The number of fused-ring (bicyclic) bond motifs is 1. The Morgan fingerprint density at radius 2 is 1.45 bits per heavy atom. The van der Waals surface area contributed by atoms with Gasteiger partial charge in [-0.05, 0) is 55.0 Å². The fourth-order valence-electron chi connectivity index (χ4n) is 5.16. The van der Waals surface area contributed by atoms with Gasteiger partial charge in [0, 0.05) is 10.6 Å². The molecule has 3 unspecified atom stereocenters. The number of hydrogen-bond acceptors (Lipinski definition) is 7. The molecule has 0 bridgehead atoms. The average Bonchev–Trinajstić information content (AvgIpc) is 3.47. The summed E-state index contributed by atoms with van der Waals surface area (Å²) in [6.07, 6.45) is -1.14. The first-order valence-corrected chi connectivity index (χ1v) is 14.3. The van der Waals surface area contributed by atoms with Crippen molar-refractivity contribution in [2.75, 3.05) is 9.96 Å². The quantitative estimate of drug-likeness (QED) is 0.223. The molecule has 0 saturated carbocycles. The summed E-state index contributed by atoms with van der Waals surface area (Å²) in [5, 5.41) is 1.91. The minimum absolute atomic E-state index is 0.0139. The molecule has 3 atom stereocenters. The number of hydroxylamine groups is 1. The number of hydrogen-bond donors (Lipinski definition) is 0. The molecule has 2 aliphatic rings. The Balaban J connectivity index is 1.46. The second kappa shape index (κ2) is 10.1. The number of amides is 2. The highest BCUT2D eigenvalue weighted by atomic mass is 35.5. The lowest BCUT2D eigenvalue weighted by molar-refractivity contribution is -0.126. The maximum Gasteiger partial charge on any atom is 0.339 e. The molecule has 4 aromatic rings. The molecule has 2 heterocycles. The molecule has 8 nitrogen and oxygen atoms in total. The lowest BCUT2D eigenvalue weighted by Crippen LogP contribution is -2.38. The third-order valence-corrected chi connectivity index (χ3v) is 8.73. The SMILES string of the molecule is Cc1c(Cl)cccc1N1C(=O)C2ON(c3ccccc3)C(c3ccccc3OS(=O)(=O)c3ccccc3)C2C1=O. The highest BCUT2D eigenvalue weighted by Crippen LogP contribution is 2.50. The maximum absolute atomic E-state index is 14.0. The van der Waals surface area contributed by atoms with Gasteiger partial charge in [-0.1, -0.05) is 72.3 Å². The van der Waals surface area contributed by atoms with Crippen molar-refractivity contribution >= 4 is 44.9 Å². The molecule has 0 aromatic heterocycles. The number of halogens is 1. The van der Waals surface area contributed by atoms with E-state index < -0.39 is 40.0 Å². The zero-order valence-corrected chi connectivity index (χ0v) is 22.7. The Morgan fingerprint density at radius 1 is 0.800 bits per heavy atom. The largest absolute Gasteiger partial charge is 0.379 e. The van der Waals surface area contributed by atoms with E-state index in [1.165, 1.54) is 23.3 Å². The van der Waals surface area contributed by atoms with Gasteiger partial charge >= 0.3 is 10.1 Å². The van der Waals surface area contributed by atoms with Crippen LogP contribution in [0.25, 0.3) is 0 Å². The summed E-state index contributed by atoms with van der Waals surface area (Å²) >= 11 is 6.31. The highest BCUT2D eigenvalue weighted by Gasteiger charge is 2.61. The van der Waals surface area contributed by atoms with Crippen LogP contribution in [0.4, 0.5) is 11.4 Å². The molecule has 202 valence electrons. The van der Waals surface area contributed by atoms with Gasteiger partial charge in [0.1, 0.15) is 16.6 Å². The van der Waals surface area contributed by atoms with E-state index in [4.69, 9.17) is 20.6 Å². The number of anilines is 2. The number of benzene rings is 4. The van der Waals surface area contributed by atoms with E-state index >= 15 is 0 Å². The van der Waals surface area contributed by atoms with Gasteiger partial charge in [-0.3, -0.25) is 14.4 Å². The molecular weight excluding hydrogens is 552 g/mol. The van der Waals surface area contributed by atoms with Crippen LogP contribution in [0.3, 0.4) is 0 Å². The Morgan fingerprint density at radius 3 is 2.17 bits per heavy atom. The number of rotatable bonds is 6. The standard InChI is InChI=1S/C30H23ClN2O6S/c1-19-23(31)16-10-17-24(19)32-29(34)26-27(33(38-28(26)30(32)35)20-11-4-2-5-12-20)22-15-8-9-18-25(22)39-40(36,37)21-13-6-3-7-14-21/h2-18,26-28H,1H3. The summed E-state index contributed by atoms with van der Waals surface area (Å²) in [6.45, 7) is 1.73. The van der Waals surface area contributed by atoms with Crippen LogP contribution in [0.15, 0.2) is 108 Å². The Hall–Kier alpha value is -4.18. The molecule has 40 heavy (non-hydrogen) atoms. The van der Waals surface area contributed by atoms with E-state index in [-0.39, 0.29) is 10.6 Å². The second-order valence-corrected chi connectivity index (χ2v) is 11.4. The van der Waals surface area contributed by atoms with Gasteiger partial charge < -0.3 is 4.18 Å². The van der Waals surface area contributed by atoms with Gasteiger partial charge in [0.15, 0.2) is 6.10 Å². The Labute approximate surface area is 236 Å². The molecule has 10 heteroatoms. The summed E-state index contributed by atoms with van der Waals surface area (Å²) in [7, 11) is -4.19. The third-order valence-electron chi connectivity index (χ3n) is 7.08. The smallest absolute Gasteiger partial charge is 0.339 e. The fourth-order valence-corrected chi connectivity index (χ4v) is 6.30. The first-order valence-electron chi connectivity index (χ1n) is 12.5. The van der Waals surface area contributed by atoms with Crippen molar-refractivity contribution in [3.05, 3.63) is 119 Å². The number of carbonyl (C=O) groups excluding carboxylic acids is 2. The number of carbonyl (C=O) groups is 2. The van der Waals surface area contributed by atoms with Crippen LogP contribution in [0.5, 0.6) is 5.75 Å². The molecule has 2 saturated heterocycles. The molecule has 2 amide bonds. The normalized spacial score (nSPS) is 20.6. The van der Waals surface area contributed by atoms with E-state index in [1.807, 2.05) is 6.07 Å². The average molecular weight is 575 g/mol. The molecular formula is C30H23ClN2O6S. The first kappa shape index (κ1) is 26.1. The number of nitrogens with zero attached hydrogens (tertiary/aromatic N) is 2. The van der Waals surface area contributed by atoms with Crippen LogP contribution >= 0.6 is 11.6 Å². The first-order chi connectivity index (χ1) is 19.3. The van der Waals surface area contributed by atoms with Crippen LogP contribution in [0.2, 0.25) is 5.02 Å². The van der Waals surface area contributed by atoms with Crippen LogP contribution in [-0.4, -0.2) is 26.3 Å². The maximum atomic E-state index is 14.0. The molecule has 0 spiro atoms. The second-order valence-electron chi connectivity index (χ2n) is 9.44. The van der Waals surface area contributed by atoms with E-state index in [1.54, 1.807) is 85.8 Å². The van der Waals surface area contributed by atoms with Crippen LogP contribution in [0, 0.1) is 12.8 Å². The molecule has 2 aliphatic heterocycles. The van der Waals surface area contributed by atoms with Crippen molar-refractivity contribution in [1.29, 1.82) is 0 Å². The van der Waals surface area contributed by atoms with Gasteiger partial charge in [0.05, 0.1) is 17.4 Å². The summed E-state index contributed by atoms with van der Waals surface area (Å²) < 4.78 is 32.0. The van der Waals surface area contributed by atoms with Crippen LogP contribution < -0.4 is 14.1 Å². The Bertz CT molecular complexity index is 1710. The predicted molar refractivity (Wildman–Crippen MR) is 149 cm³/mol. The lowest BCUT2D eigenvalue weighted by Gasteiger charge is -2.30. The minimum atomic E-state index is -4.19. The monoisotopic (exact) mass is 574 g/mol. The molecule has 2 fully saturated rings. The lowest BCUT2D eigenvalue weighted by atomic mass is 9.90. The minimum Gasteiger partial charge on any atom is -0.379 e. The number of imide groups is 1. The highest BCUT2D eigenvalue weighted by molar-refractivity contribution is 7.87. The summed E-state index contributed by atoms with van der Waals surface area (Å²) in [5.74, 6) is -1.97. The molecule has 6 rings (SSSR count). The predicted octanol–water partition coefficient (Wildman–Crippen LogP) is 5.47. The van der Waals surface area contributed by atoms with Crippen LogP contribution in [0.1, 0.15) is 17.2 Å². The van der Waals surface area contributed by atoms with Gasteiger partial charge in [-0.15, -0.1) is 0 Å². The van der Waals surface area contributed by atoms with E-state index in [0.29, 0.717) is 27.5 Å². The van der Waals surface area contributed by atoms with E-state index in [9.17, 15) is 18.0 Å². The van der Waals surface area contributed by atoms with Crippen molar-refractivity contribution in [2.45, 2.75) is 24.0 Å². The fraction of sp³-hybridized carbons (Fsp3) is 0.133. The van der Waals surface area contributed by atoms with Crippen molar-refractivity contribution in [3.63, 3.8) is 0 Å². The number of para-hydroxylation sites is 2. The van der Waals surface area contributed by atoms with Gasteiger partial charge in [0.25, 0.3) is 5.91 Å². The zero-order chi connectivity index (χ0) is 28.0. The Kier molecular flexibility index (Phi) is 6.58. The van der Waals surface area contributed by atoms with E-state index in [0.717, 1.165) is 4.90 Å².